The smallest absolute Gasteiger partial charge is 0.142 e. The van der Waals surface area contributed by atoms with Crippen LogP contribution < -0.4 is 4.90 Å². The zero-order chi connectivity index (χ0) is 20.7. The molecule has 4 heterocycles. The van der Waals surface area contributed by atoms with E-state index in [4.69, 9.17) is 0 Å². The van der Waals surface area contributed by atoms with Crippen LogP contribution in [0.1, 0.15) is 31.9 Å². The van der Waals surface area contributed by atoms with Crippen molar-refractivity contribution in [3.63, 3.8) is 0 Å². The molecule has 1 aliphatic carbocycles. The maximum Gasteiger partial charge on any atom is 0.142 e. The summed E-state index contributed by atoms with van der Waals surface area (Å²) in [5.41, 5.74) is 3.32. The predicted octanol–water partition coefficient (Wildman–Crippen LogP) is 3.59. The van der Waals surface area contributed by atoms with Gasteiger partial charge in [0.05, 0.1) is 6.20 Å². The van der Waals surface area contributed by atoms with E-state index in [1.807, 2.05) is 25.3 Å². The van der Waals surface area contributed by atoms with E-state index in [1.165, 1.54) is 45.1 Å². The number of rotatable bonds is 4. The number of aryl methyl sites for hydroxylation is 1. The Kier molecular flexibility index (Phi) is 5.23. The van der Waals surface area contributed by atoms with Gasteiger partial charge in [0, 0.05) is 68.3 Å². The van der Waals surface area contributed by atoms with Crippen LogP contribution in [0.3, 0.4) is 0 Å². The molecule has 1 unspecified atom stereocenters. The summed E-state index contributed by atoms with van der Waals surface area (Å²) in [6.45, 7) is 12.0. The first kappa shape index (κ1) is 19.9. The molecule has 1 saturated carbocycles. The highest BCUT2D eigenvalue weighted by atomic mass is 19.1. The molecule has 2 aliphatic heterocycles. The number of halogens is 1. The lowest BCUT2D eigenvalue weighted by molar-refractivity contribution is 0.00366. The molecule has 1 atom stereocenters. The number of hydrogen-bond acceptors (Lipinski definition) is 5. The van der Waals surface area contributed by atoms with Crippen molar-refractivity contribution in [2.24, 2.45) is 5.41 Å². The molecule has 0 aromatic carbocycles. The van der Waals surface area contributed by atoms with E-state index >= 15 is 0 Å². The highest BCUT2D eigenvalue weighted by molar-refractivity contribution is 5.75. The maximum atomic E-state index is 14.0. The Balaban J connectivity index is 1.26. The molecule has 30 heavy (non-hydrogen) atoms. The molecule has 1 spiro atoms. The molecule has 3 aliphatic rings. The zero-order valence-corrected chi connectivity index (χ0v) is 18.1. The molecular formula is C24H32FN5. The molecule has 160 valence electrons. The minimum atomic E-state index is -0.300. The van der Waals surface area contributed by atoms with Gasteiger partial charge < -0.3 is 9.80 Å². The molecule has 5 nitrogen and oxygen atoms in total. The number of anilines is 1. The average molecular weight is 410 g/mol. The molecule has 0 radical (unpaired) electrons. The lowest BCUT2D eigenvalue weighted by Crippen LogP contribution is -2.56. The second kappa shape index (κ2) is 7.89. The third kappa shape index (κ3) is 3.71. The van der Waals surface area contributed by atoms with Crippen LogP contribution in [0, 0.1) is 18.2 Å². The number of hydrogen-bond donors (Lipinski definition) is 0. The molecule has 0 N–H and O–H groups in total. The van der Waals surface area contributed by atoms with Crippen LogP contribution in [-0.4, -0.2) is 71.6 Å². The summed E-state index contributed by atoms with van der Waals surface area (Å²) in [6.07, 6.45) is 7.25. The highest BCUT2D eigenvalue weighted by Gasteiger charge is 2.48. The molecule has 3 fully saturated rings. The van der Waals surface area contributed by atoms with Crippen molar-refractivity contribution in [1.82, 2.24) is 19.8 Å². The fourth-order valence-electron chi connectivity index (χ4n) is 5.72. The van der Waals surface area contributed by atoms with E-state index in [1.54, 1.807) is 6.07 Å². The number of likely N-dealkylation sites (tertiary alicyclic amines) is 1. The van der Waals surface area contributed by atoms with Crippen molar-refractivity contribution >= 4 is 5.82 Å². The zero-order valence-electron chi connectivity index (χ0n) is 18.1. The van der Waals surface area contributed by atoms with E-state index in [2.05, 4.69) is 31.6 Å². The first-order valence-electron chi connectivity index (χ1n) is 11.4. The summed E-state index contributed by atoms with van der Waals surface area (Å²) < 4.78 is 14.0. The van der Waals surface area contributed by atoms with E-state index in [0.29, 0.717) is 5.41 Å². The van der Waals surface area contributed by atoms with Crippen LogP contribution in [0.2, 0.25) is 0 Å². The molecule has 0 bridgehead atoms. The summed E-state index contributed by atoms with van der Waals surface area (Å²) in [6, 6.07) is 6.30. The predicted molar refractivity (Wildman–Crippen MR) is 118 cm³/mol. The number of pyridine rings is 2. The van der Waals surface area contributed by atoms with Gasteiger partial charge in [-0.25, -0.2) is 9.37 Å². The average Bonchev–Trinajstić information content (AvgIpc) is 3.19. The van der Waals surface area contributed by atoms with Crippen LogP contribution >= 0.6 is 0 Å². The molecule has 2 saturated heterocycles. The summed E-state index contributed by atoms with van der Waals surface area (Å²) in [4.78, 5) is 16.5. The van der Waals surface area contributed by atoms with Gasteiger partial charge in [-0.1, -0.05) is 13.0 Å². The van der Waals surface area contributed by atoms with E-state index in [9.17, 15) is 4.39 Å². The Labute approximate surface area is 178 Å². The molecule has 6 heteroatoms. The molecule has 2 aromatic rings. The Bertz CT molecular complexity index is 885. The second-order valence-corrected chi connectivity index (χ2v) is 9.44. The van der Waals surface area contributed by atoms with Gasteiger partial charge in [-0.3, -0.25) is 9.88 Å². The van der Waals surface area contributed by atoms with Gasteiger partial charge in [0.15, 0.2) is 0 Å². The van der Waals surface area contributed by atoms with Gasteiger partial charge in [0.25, 0.3) is 0 Å². The molecule has 5 rings (SSSR count). The van der Waals surface area contributed by atoms with Crippen molar-refractivity contribution < 1.29 is 4.39 Å². The first-order chi connectivity index (χ1) is 14.5. The molecular weight excluding hydrogens is 377 g/mol. The summed E-state index contributed by atoms with van der Waals surface area (Å²) >= 11 is 0. The van der Waals surface area contributed by atoms with Gasteiger partial charge in [0.2, 0.25) is 0 Å². The fourth-order valence-corrected chi connectivity index (χ4v) is 5.72. The SMILES string of the molecule is CCN1CC2(CCC(N3CCN(c4ncc(F)cc4-c4ccc(C)nc4)CC3)C2)C1. The van der Waals surface area contributed by atoms with Crippen molar-refractivity contribution in [3.05, 3.63) is 42.1 Å². The van der Waals surface area contributed by atoms with Gasteiger partial charge >= 0.3 is 0 Å². The van der Waals surface area contributed by atoms with Crippen molar-refractivity contribution in [3.8, 4) is 11.1 Å². The third-order valence-electron chi connectivity index (χ3n) is 7.43. The van der Waals surface area contributed by atoms with Crippen molar-refractivity contribution in [2.75, 3.05) is 50.7 Å². The van der Waals surface area contributed by atoms with E-state index < -0.39 is 0 Å². The topological polar surface area (TPSA) is 35.5 Å². The van der Waals surface area contributed by atoms with Crippen LogP contribution in [0.15, 0.2) is 30.6 Å². The Hall–Kier alpha value is -2.05. The number of nitrogens with zero attached hydrogens (tertiary/aromatic N) is 5. The monoisotopic (exact) mass is 409 g/mol. The Morgan fingerprint density at radius 3 is 2.60 bits per heavy atom. The maximum absolute atomic E-state index is 14.0. The van der Waals surface area contributed by atoms with E-state index in [-0.39, 0.29) is 5.82 Å². The van der Waals surface area contributed by atoms with Crippen molar-refractivity contribution in [2.45, 2.75) is 39.2 Å². The van der Waals surface area contributed by atoms with Crippen LogP contribution in [-0.2, 0) is 0 Å². The summed E-state index contributed by atoms with van der Waals surface area (Å²) in [7, 11) is 0. The first-order valence-corrected chi connectivity index (χ1v) is 11.4. The Morgan fingerprint density at radius 1 is 1.10 bits per heavy atom. The normalized spacial score (nSPS) is 24.4. The lowest BCUT2D eigenvalue weighted by Gasteiger charge is -2.49. The minimum absolute atomic E-state index is 0.300. The standard InChI is InChI=1S/C24H32FN5/c1-3-28-16-24(17-28)7-6-21(13-24)29-8-10-30(11-9-29)23-22(12-20(25)15-27-23)19-5-4-18(2)26-14-19/h4-5,12,14-15,21H,3,6-11,13,16-17H2,1-2H3. The van der Waals surface area contributed by atoms with Crippen LogP contribution in [0.5, 0.6) is 0 Å². The Morgan fingerprint density at radius 2 is 1.90 bits per heavy atom. The van der Waals surface area contributed by atoms with Gasteiger partial charge in [-0.15, -0.1) is 0 Å². The number of aromatic nitrogens is 2. The quantitative estimate of drug-likeness (QED) is 0.771. The number of piperazine rings is 1. The van der Waals surface area contributed by atoms with Crippen LogP contribution in [0.25, 0.3) is 11.1 Å². The summed E-state index contributed by atoms with van der Waals surface area (Å²) in [5, 5.41) is 0. The molecule has 2 aromatic heterocycles. The third-order valence-corrected chi connectivity index (χ3v) is 7.43. The van der Waals surface area contributed by atoms with Gasteiger partial charge in [0.1, 0.15) is 11.6 Å². The van der Waals surface area contributed by atoms with Crippen molar-refractivity contribution in [1.29, 1.82) is 0 Å². The fraction of sp³-hybridized carbons (Fsp3) is 0.583. The van der Waals surface area contributed by atoms with E-state index in [0.717, 1.165) is 54.9 Å². The minimum Gasteiger partial charge on any atom is -0.354 e. The largest absolute Gasteiger partial charge is 0.354 e. The van der Waals surface area contributed by atoms with Gasteiger partial charge in [-0.2, -0.15) is 0 Å². The second-order valence-electron chi connectivity index (χ2n) is 9.44. The molecule has 0 amide bonds. The highest BCUT2D eigenvalue weighted by Crippen LogP contribution is 2.47. The van der Waals surface area contributed by atoms with Crippen LogP contribution in [0.4, 0.5) is 10.2 Å². The lowest BCUT2D eigenvalue weighted by atomic mass is 9.78. The van der Waals surface area contributed by atoms with Gasteiger partial charge in [-0.05, 0) is 50.3 Å². The summed E-state index contributed by atoms with van der Waals surface area (Å²) in [5.74, 6) is 0.577.